The van der Waals surface area contributed by atoms with Gasteiger partial charge in [-0.05, 0) is 55.9 Å². The van der Waals surface area contributed by atoms with Crippen molar-refractivity contribution in [3.05, 3.63) is 34.9 Å². The Bertz CT molecular complexity index is 514. The molecule has 2 nitrogen and oxygen atoms in total. The Morgan fingerprint density at radius 3 is 2.12 bits per heavy atom. The number of allylic oxidation sites excluding steroid dienone is 2. The van der Waals surface area contributed by atoms with Crippen LogP contribution in [0.3, 0.4) is 0 Å². The van der Waals surface area contributed by atoms with Gasteiger partial charge in [0.15, 0.2) is 0 Å². The van der Waals surface area contributed by atoms with Crippen LogP contribution in [-0.2, 0) is 6.42 Å². The standard InChI is InChI=1S/C18H25FO2.C3H8/c1-3-4-5-6-13-10-16(20)18(17(21)11-13)14-7-8-15(19)12(2)9-14;1-3-2/h9-11,14-15,20-21H,3-8H2,1-2H3;3H2,1-2H3. The topological polar surface area (TPSA) is 40.5 Å². The molecule has 0 bridgehead atoms. The van der Waals surface area contributed by atoms with E-state index in [1.807, 2.05) is 6.08 Å². The lowest BCUT2D eigenvalue weighted by Gasteiger charge is -2.24. The van der Waals surface area contributed by atoms with E-state index in [1.54, 1.807) is 19.1 Å². The minimum atomic E-state index is -0.890. The zero-order chi connectivity index (χ0) is 18.1. The third-order valence-corrected chi connectivity index (χ3v) is 4.33. The van der Waals surface area contributed by atoms with E-state index in [4.69, 9.17) is 0 Å². The van der Waals surface area contributed by atoms with Crippen LogP contribution in [0.15, 0.2) is 23.8 Å². The van der Waals surface area contributed by atoms with Gasteiger partial charge in [0.05, 0.1) is 0 Å². The number of hydrogen-bond donors (Lipinski definition) is 2. The fraction of sp³-hybridized carbons (Fsp3) is 0.619. The van der Waals surface area contributed by atoms with Crippen molar-refractivity contribution >= 4 is 0 Å². The van der Waals surface area contributed by atoms with Crippen molar-refractivity contribution < 1.29 is 14.6 Å². The summed E-state index contributed by atoms with van der Waals surface area (Å²) in [5.74, 6) is 0.169. The predicted octanol–water partition coefficient (Wildman–Crippen LogP) is 6.41. The Labute approximate surface area is 146 Å². The highest BCUT2D eigenvalue weighted by molar-refractivity contribution is 5.50. The molecule has 0 spiro atoms. The molecule has 2 atom stereocenters. The average molecular weight is 336 g/mol. The molecule has 2 rings (SSSR count). The molecule has 1 aliphatic rings. The molecule has 0 heterocycles. The molecule has 2 N–H and O–H groups in total. The maximum Gasteiger partial charge on any atom is 0.123 e. The summed E-state index contributed by atoms with van der Waals surface area (Å²) in [6.07, 6.45) is 7.47. The number of benzene rings is 1. The third-order valence-electron chi connectivity index (χ3n) is 4.33. The molecule has 0 saturated carbocycles. The molecular formula is C21H33FO2. The molecule has 0 fully saturated rings. The fourth-order valence-electron chi connectivity index (χ4n) is 3.07. The lowest BCUT2D eigenvalue weighted by Crippen LogP contribution is -2.12. The number of hydrogen-bond acceptors (Lipinski definition) is 2. The van der Waals surface area contributed by atoms with Crippen LogP contribution >= 0.6 is 0 Å². The van der Waals surface area contributed by atoms with E-state index in [9.17, 15) is 14.6 Å². The third kappa shape index (κ3) is 5.85. The van der Waals surface area contributed by atoms with Crippen molar-refractivity contribution in [3.63, 3.8) is 0 Å². The monoisotopic (exact) mass is 336 g/mol. The normalized spacial score (nSPS) is 20.1. The van der Waals surface area contributed by atoms with Crippen LogP contribution in [-0.4, -0.2) is 16.4 Å². The number of aryl methyl sites for hydroxylation is 1. The maximum absolute atomic E-state index is 13.5. The predicted molar refractivity (Wildman–Crippen MR) is 99.6 cm³/mol. The van der Waals surface area contributed by atoms with E-state index in [1.165, 1.54) is 6.42 Å². The first kappa shape index (κ1) is 20.5. The average Bonchev–Trinajstić information content (AvgIpc) is 2.51. The van der Waals surface area contributed by atoms with Gasteiger partial charge >= 0.3 is 0 Å². The van der Waals surface area contributed by atoms with Gasteiger partial charge in [-0.1, -0.05) is 46.1 Å². The van der Waals surface area contributed by atoms with Crippen LogP contribution in [0.2, 0.25) is 0 Å². The van der Waals surface area contributed by atoms with Crippen molar-refractivity contribution in [2.45, 2.75) is 84.7 Å². The first-order valence-corrected chi connectivity index (χ1v) is 9.31. The van der Waals surface area contributed by atoms with E-state index in [-0.39, 0.29) is 17.4 Å². The van der Waals surface area contributed by atoms with E-state index in [0.29, 0.717) is 24.0 Å². The second-order valence-corrected chi connectivity index (χ2v) is 6.77. The van der Waals surface area contributed by atoms with Crippen LogP contribution < -0.4 is 0 Å². The SMILES string of the molecule is CCC.CCCCCc1cc(O)c(C2C=C(C)C(F)CC2)c(O)c1. The molecule has 1 aromatic rings. The molecule has 0 aliphatic heterocycles. The lowest BCUT2D eigenvalue weighted by atomic mass is 9.84. The first-order chi connectivity index (χ1) is 11.4. The smallest absolute Gasteiger partial charge is 0.123 e. The largest absolute Gasteiger partial charge is 0.507 e. The maximum atomic E-state index is 13.5. The second-order valence-electron chi connectivity index (χ2n) is 6.77. The highest BCUT2D eigenvalue weighted by Crippen LogP contribution is 2.42. The number of phenols is 2. The second kappa shape index (κ2) is 10.4. The van der Waals surface area contributed by atoms with Crippen molar-refractivity contribution in [2.24, 2.45) is 0 Å². The van der Waals surface area contributed by atoms with Gasteiger partial charge in [-0.3, -0.25) is 0 Å². The van der Waals surface area contributed by atoms with Crippen molar-refractivity contribution in [1.29, 1.82) is 0 Å². The van der Waals surface area contributed by atoms with Gasteiger partial charge in [-0.25, -0.2) is 4.39 Å². The van der Waals surface area contributed by atoms with E-state index in [0.717, 1.165) is 31.2 Å². The Morgan fingerprint density at radius 1 is 1.04 bits per heavy atom. The summed E-state index contributed by atoms with van der Waals surface area (Å²) in [5.41, 5.74) is 2.19. The van der Waals surface area contributed by atoms with Crippen LogP contribution in [0, 0.1) is 0 Å². The quantitative estimate of drug-likeness (QED) is 0.482. The van der Waals surface area contributed by atoms with Gasteiger partial charge in [0.25, 0.3) is 0 Å². The number of rotatable bonds is 5. The molecule has 24 heavy (non-hydrogen) atoms. The van der Waals surface area contributed by atoms with Gasteiger partial charge in [0.1, 0.15) is 17.7 Å². The number of aromatic hydroxyl groups is 2. The number of unbranched alkanes of at least 4 members (excludes halogenated alkanes) is 2. The molecule has 136 valence electrons. The Morgan fingerprint density at radius 2 is 1.62 bits per heavy atom. The molecule has 0 aromatic heterocycles. The van der Waals surface area contributed by atoms with Crippen molar-refractivity contribution in [2.75, 3.05) is 0 Å². The molecule has 0 saturated heterocycles. The molecule has 2 unspecified atom stereocenters. The Balaban J connectivity index is 0.000000891. The van der Waals surface area contributed by atoms with Gasteiger partial charge in [0, 0.05) is 11.5 Å². The summed E-state index contributed by atoms with van der Waals surface area (Å²) in [6, 6.07) is 3.49. The molecule has 0 radical (unpaired) electrons. The summed E-state index contributed by atoms with van der Waals surface area (Å²) in [5, 5.41) is 20.5. The first-order valence-electron chi connectivity index (χ1n) is 9.31. The molecular weight excluding hydrogens is 303 g/mol. The van der Waals surface area contributed by atoms with Gasteiger partial charge < -0.3 is 10.2 Å². The van der Waals surface area contributed by atoms with Gasteiger partial charge in [-0.15, -0.1) is 0 Å². The summed E-state index contributed by atoms with van der Waals surface area (Å²) in [7, 11) is 0. The number of halogens is 1. The summed E-state index contributed by atoms with van der Waals surface area (Å²) in [6.45, 7) is 8.16. The van der Waals surface area contributed by atoms with Crippen molar-refractivity contribution in [3.8, 4) is 11.5 Å². The molecule has 1 aliphatic carbocycles. The van der Waals surface area contributed by atoms with E-state index >= 15 is 0 Å². The van der Waals surface area contributed by atoms with E-state index in [2.05, 4.69) is 20.8 Å². The zero-order valence-electron chi connectivity index (χ0n) is 15.6. The molecule has 0 amide bonds. The minimum Gasteiger partial charge on any atom is -0.507 e. The van der Waals surface area contributed by atoms with Crippen LogP contribution in [0.5, 0.6) is 11.5 Å². The Hall–Kier alpha value is -1.51. The number of phenolic OH excluding ortho intramolecular Hbond substituents is 2. The van der Waals surface area contributed by atoms with Gasteiger partial charge in [0.2, 0.25) is 0 Å². The molecule has 1 aromatic carbocycles. The fourth-order valence-corrected chi connectivity index (χ4v) is 3.07. The number of alkyl halides is 1. The minimum absolute atomic E-state index is 0.0957. The Kier molecular flexibility index (Phi) is 8.88. The van der Waals surface area contributed by atoms with Crippen LogP contribution in [0.4, 0.5) is 4.39 Å². The highest BCUT2D eigenvalue weighted by Gasteiger charge is 2.25. The summed E-state index contributed by atoms with van der Waals surface area (Å²) >= 11 is 0. The van der Waals surface area contributed by atoms with Crippen LogP contribution in [0.25, 0.3) is 0 Å². The van der Waals surface area contributed by atoms with Crippen molar-refractivity contribution in [1.82, 2.24) is 0 Å². The molecule has 3 heteroatoms. The zero-order valence-corrected chi connectivity index (χ0v) is 15.6. The summed E-state index contributed by atoms with van der Waals surface area (Å²) in [4.78, 5) is 0. The van der Waals surface area contributed by atoms with Gasteiger partial charge in [-0.2, -0.15) is 0 Å². The van der Waals surface area contributed by atoms with E-state index < -0.39 is 6.17 Å². The summed E-state index contributed by atoms with van der Waals surface area (Å²) < 4.78 is 13.5. The van der Waals surface area contributed by atoms with Crippen LogP contribution in [0.1, 0.15) is 83.3 Å². The lowest BCUT2D eigenvalue weighted by molar-refractivity contribution is 0.329. The highest BCUT2D eigenvalue weighted by atomic mass is 19.1.